The zero-order valence-electron chi connectivity index (χ0n) is 16.9. The van der Waals surface area contributed by atoms with E-state index in [-0.39, 0.29) is 35.4 Å². The Hall–Kier alpha value is -1.18. The molecule has 27 heavy (non-hydrogen) atoms. The molecule has 0 aromatic heterocycles. The van der Waals surface area contributed by atoms with E-state index in [1.54, 1.807) is 6.92 Å². The Bertz CT molecular complexity index is 596. The molecule has 7 nitrogen and oxygen atoms in total. The van der Waals surface area contributed by atoms with E-state index in [1.807, 2.05) is 18.7 Å². The van der Waals surface area contributed by atoms with E-state index in [0.717, 1.165) is 65.1 Å². The van der Waals surface area contributed by atoms with Crippen LogP contribution in [0.4, 0.5) is 0 Å². The molecule has 4 aliphatic heterocycles. The van der Waals surface area contributed by atoms with Gasteiger partial charge in [-0.15, -0.1) is 0 Å². The third kappa shape index (κ3) is 3.38. The lowest BCUT2D eigenvalue weighted by atomic mass is 9.81. The van der Waals surface area contributed by atoms with Crippen LogP contribution >= 0.6 is 0 Å². The van der Waals surface area contributed by atoms with E-state index in [4.69, 9.17) is 0 Å². The van der Waals surface area contributed by atoms with Crippen LogP contribution in [0.5, 0.6) is 0 Å². The summed E-state index contributed by atoms with van der Waals surface area (Å²) in [5, 5.41) is 10.2. The summed E-state index contributed by atoms with van der Waals surface area (Å²) < 4.78 is 0. The van der Waals surface area contributed by atoms with Crippen LogP contribution in [0.1, 0.15) is 40.0 Å². The summed E-state index contributed by atoms with van der Waals surface area (Å²) in [6.07, 6.45) is 2.58. The van der Waals surface area contributed by atoms with Crippen LogP contribution in [0.2, 0.25) is 0 Å². The van der Waals surface area contributed by atoms with Gasteiger partial charge in [0.25, 0.3) is 0 Å². The van der Waals surface area contributed by atoms with Gasteiger partial charge in [-0.3, -0.25) is 19.4 Å². The molecule has 1 spiro atoms. The first kappa shape index (κ1) is 19.2. The third-order valence-corrected chi connectivity index (χ3v) is 7.14. The lowest BCUT2D eigenvalue weighted by Gasteiger charge is -2.63. The van der Waals surface area contributed by atoms with Gasteiger partial charge in [-0.2, -0.15) is 0 Å². The van der Waals surface area contributed by atoms with Crippen molar-refractivity contribution >= 4 is 11.8 Å². The molecule has 1 N–H and O–H groups in total. The Labute approximate surface area is 162 Å². The quantitative estimate of drug-likeness (QED) is 0.732. The third-order valence-electron chi connectivity index (χ3n) is 7.14. The second kappa shape index (κ2) is 7.01. The van der Waals surface area contributed by atoms with Gasteiger partial charge in [-0.25, -0.2) is 0 Å². The number of amides is 2. The highest BCUT2D eigenvalue weighted by Gasteiger charge is 2.57. The molecule has 0 aliphatic carbocycles. The number of piperazine rings is 1. The number of carbonyl (C=O) groups excluding carboxylic acids is 2. The SMILES string of the molecule is CC(=O)N1CCC(N2CC3(CN(C(=O)C(C)C)CC4CC(O)CN43)C2)CC1. The van der Waals surface area contributed by atoms with Crippen molar-refractivity contribution in [2.75, 3.05) is 45.8 Å². The smallest absolute Gasteiger partial charge is 0.225 e. The minimum atomic E-state index is -0.270. The first-order chi connectivity index (χ1) is 12.8. The van der Waals surface area contributed by atoms with Crippen molar-refractivity contribution in [3.05, 3.63) is 0 Å². The molecule has 4 rings (SSSR count). The van der Waals surface area contributed by atoms with Gasteiger partial charge in [0.1, 0.15) is 0 Å². The monoisotopic (exact) mass is 378 g/mol. The van der Waals surface area contributed by atoms with E-state index < -0.39 is 0 Å². The fourth-order valence-electron chi connectivity index (χ4n) is 5.74. The maximum absolute atomic E-state index is 12.7. The average molecular weight is 379 g/mol. The molecule has 0 radical (unpaired) electrons. The predicted octanol–water partition coefficient (Wildman–Crippen LogP) is -0.0149. The van der Waals surface area contributed by atoms with Gasteiger partial charge in [-0.05, 0) is 19.3 Å². The number of piperidine rings is 1. The molecule has 7 heteroatoms. The molecule has 0 bridgehead atoms. The summed E-state index contributed by atoms with van der Waals surface area (Å²) >= 11 is 0. The molecule has 152 valence electrons. The second-order valence-corrected chi connectivity index (χ2v) is 9.44. The van der Waals surface area contributed by atoms with Crippen molar-refractivity contribution in [1.29, 1.82) is 0 Å². The van der Waals surface area contributed by atoms with E-state index in [2.05, 4.69) is 14.7 Å². The van der Waals surface area contributed by atoms with Gasteiger partial charge in [0.2, 0.25) is 11.8 Å². The summed E-state index contributed by atoms with van der Waals surface area (Å²) in [5.74, 6) is 0.438. The van der Waals surface area contributed by atoms with Crippen LogP contribution in [-0.4, -0.2) is 106 Å². The number of hydrogen-bond donors (Lipinski definition) is 1. The number of likely N-dealkylation sites (tertiary alicyclic amines) is 2. The standard InChI is InChI=1S/C20H34N4O3/c1-14(2)19(27)22-9-17-8-18(26)10-24(17)20(11-22)12-23(13-20)16-4-6-21(7-5-16)15(3)25/h14,16-18,26H,4-13H2,1-3H3. The number of β-amino-alcohol motifs (C(OH)–C–C–N with tert-alkyl or cyclic N) is 1. The van der Waals surface area contributed by atoms with Crippen LogP contribution in [0, 0.1) is 5.92 Å². The second-order valence-electron chi connectivity index (χ2n) is 9.44. The van der Waals surface area contributed by atoms with Gasteiger partial charge in [0.05, 0.1) is 11.6 Å². The van der Waals surface area contributed by atoms with Gasteiger partial charge < -0.3 is 14.9 Å². The average Bonchev–Trinajstić information content (AvgIpc) is 2.98. The van der Waals surface area contributed by atoms with Crippen LogP contribution in [0.3, 0.4) is 0 Å². The Morgan fingerprint density at radius 3 is 2.26 bits per heavy atom. The molecular weight excluding hydrogens is 344 g/mol. The van der Waals surface area contributed by atoms with Crippen LogP contribution < -0.4 is 0 Å². The molecule has 4 heterocycles. The minimum Gasteiger partial charge on any atom is -0.392 e. The maximum Gasteiger partial charge on any atom is 0.225 e. The molecule has 2 unspecified atom stereocenters. The molecule has 0 saturated carbocycles. The molecular formula is C20H34N4O3. The largest absolute Gasteiger partial charge is 0.392 e. The lowest BCUT2D eigenvalue weighted by Crippen LogP contribution is -2.79. The highest BCUT2D eigenvalue weighted by atomic mass is 16.3. The maximum atomic E-state index is 12.7. The number of carbonyl (C=O) groups is 2. The van der Waals surface area contributed by atoms with Crippen molar-refractivity contribution in [3.63, 3.8) is 0 Å². The molecule has 0 aromatic rings. The topological polar surface area (TPSA) is 67.3 Å². The van der Waals surface area contributed by atoms with Crippen molar-refractivity contribution in [1.82, 2.24) is 19.6 Å². The van der Waals surface area contributed by atoms with Crippen molar-refractivity contribution in [3.8, 4) is 0 Å². The first-order valence-corrected chi connectivity index (χ1v) is 10.5. The minimum absolute atomic E-state index is 0.00264. The molecule has 4 fully saturated rings. The van der Waals surface area contributed by atoms with E-state index in [0.29, 0.717) is 6.04 Å². The van der Waals surface area contributed by atoms with Gasteiger partial charge in [0, 0.05) is 70.7 Å². The zero-order chi connectivity index (χ0) is 19.3. The number of rotatable bonds is 2. The normalized spacial score (nSPS) is 32.0. The summed E-state index contributed by atoms with van der Waals surface area (Å²) in [7, 11) is 0. The number of hydrogen-bond acceptors (Lipinski definition) is 5. The first-order valence-electron chi connectivity index (χ1n) is 10.5. The Balaban J connectivity index is 1.42. The van der Waals surface area contributed by atoms with Crippen LogP contribution in [0.25, 0.3) is 0 Å². The highest BCUT2D eigenvalue weighted by Crippen LogP contribution is 2.41. The Morgan fingerprint density at radius 2 is 1.67 bits per heavy atom. The lowest BCUT2D eigenvalue weighted by molar-refractivity contribution is -0.158. The van der Waals surface area contributed by atoms with Crippen molar-refractivity contribution < 1.29 is 14.7 Å². The Morgan fingerprint density at radius 1 is 1.00 bits per heavy atom. The number of fused-ring (bicyclic) bond motifs is 2. The Kier molecular flexibility index (Phi) is 4.97. The summed E-state index contributed by atoms with van der Waals surface area (Å²) in [5.41, 5.74) is 0.00264. The zero-order valence-corrected chi connectivity index (χ0v) is 16.9. The fourth-order valence-corrected chi connectivity index (χ4v) is 5.74. The highest BCUT2D eigenvalue weighted by molar-refractivity contribution is 5.78. The van der Waals surface area contributed by atoms with Crippen LogP contribution in [-0.2, 0) is 9.59 Å². The summed E-state index contributed by atoms with van der Waals surface area (Å²) in [4.78, 5) is 33.3. The van der Waals surface area contributed by atoms with Gasteiger partial charge in [0.15, 0.2) is 0 Å². The van der Waals surface area contributed by atoms with Crippen LogP contribution in [0.15, 0.2) is 0 Å². The van der Waals surface area contributed by atoms with E-state index in [1.165, 1.54) is 0 Å². The predicted molar refractivity (Wildman–Crippen MR) is 102 cm³/mol. The van der Waals surface area contributed by atoms with Gasteiger partial charge >= 0.3 is 0 Å². The summed E-state index contributed by atoms with van der Waals surface area (Å²) in [6.45, 7) is 11.5. The van der Waals surface area contributed by atoms with Crippen molar-refractivity contribution in [2.24, 2.45) is 5.92 Å². The van der Waals surface area contributed by atoms with E-state index in [9.17, 15) is 14.7 Å². The number of aliphatic hydroxyl groups excluding tert-OH is 1. The summed E-state index contributed by atoms with van der Waals surface area (Å²) in [6, 6.07) is 0.825. The van der Waals surface area contributed by atoms with E-state index >= 15 is 0 Å². The molecule has 2 amide bonds. The molecule has 4 aliphatic rings. The fraction of sp³-hybridized carbons (Fsp3) is 0.900. The van der Waals surface area contributed by atoms with Gasteiger partial charge in [-0.1, -0.05) is 13.8 Å². The number of nitrogens with zero attached hydrogens (tertiary/aromatic N) is 4. The molecule has 4 saturated heterocycles. The molecule has 0 aromatic carbocycles. The van der Waals surface area contributed by atoms with Crippen molar-refractivity contribution in [2.45, 2.75) is 63.8 Å². The number of aliphatic hydroxyl groups is 1. The molecule has 2 atom stereocenters.